The maximum Gasteiger partial charge on any atom is 0.257 e. The van der Waals surface area contributed by atoms with Crippen molar-refractivity contribution in [1.29, 1.82) is 0 Å². The minimum absolute atomic E-state index is 0. The van der Waals surface area contributed by atoms with Crippen LogP contribution in [0.4, 0.5) is 0 Å². The van der Waals surface area contributed by atoms with Crippen molar-refractivity contribution in [3.8, 4) is 0 Å². The minimum Gasteiger partial charge on any atom is -0.431 e. The van der Waals surface area contributed by atoms with Gasteiger partial charge in [-0.2, -0.15) is 0 Å². The number of pyridine rings is 1. The van der Waals surface area contributed by atoms with Crippen molar-refractivity contribution in [3.05, 3.63) is 54.4 Å². The third-order valence-electron chi connectivity index (χ3n) is 2.34. The van der Waals surface area contributed by atoms with Gasteiger partial charge in [0.25, 0.3) is 5.22 Å². The van der Waals surface area contributed by atoms with E-state index >= 15 is 0 Å². The van der Waals surface area contributed by atoms with Gasteiger partial charge in [-0.3, -0.25) is 4.98 Å². The summed E-state index contributed by atoms with van der Waals surface area (Å²) in [5.41, 5.74) is 2.76. The number of hydrogen-bond donors (Lipinski definition) is 0. The molecule has 3 aromatic rings. The maximum absolute atomic E-state index is 5.61. The number of aromatic nitrogens is 2. The van der Waals surface area contributed by atoms with Crippen molar-refractivity contribution in [3.63, 3.8) is 0 Å². The summed E-state index contributed by atoms with van der Waals surface area (Å²) in [5.74, 6) is 0.771. The average molecular weight is 279 g/mol. The molecule has 0 saturated heterocycles. The van der Waals surface area contributed by atoms with Crippen molar-refractivity contribution in [2.45, 2.75) is 11.0 Å². The highest BCUT2D eigenvalue weighted by Crippen LogP contribution is 2.25. The van der Waals surface area contributed by atoms with Crippen LogP contribution in [0, 0.1) is 0 Å². The Morgan fingerprint density at radius 2 is 1.89 bits per heavy atom. The van der Waals surface area contributed by atoms with Crippen LogP contribution >= 0.6 is 24.2 Å². The van der Waals surface area contributed by atoms with E-state index in [1.807, 2.05) is 42.5 Å². The molecule has 3 nitrogen and oxygen atoms in total. The summed E-state index contributed by atoms with van der Waals surface area (Å²) in [6, 6.07) is 13.7. The highest BCUT2D eigenvalue weighted by molar-refractivity contribution is 7.98. The van der Waals surface area contributed by atoms with Gasteiger partial charge in [-0.15, -0.1) is 12.4 Å². The lowest BCUT2D eigenvalue weighted by molar-refractivity contribution is 0.489. The van der Waals surface area contributed by atoms with E-state index in [9.17, 15) is 0 Å². The molecule has 0 spiro atoms. The van der Waals surface area contributed by atoms with Crippen LogP contribution in [0.5, 0.6) is 0 Å². The van der Waals surface area contributed by atoms with Crippen LogP contribution in [0.2, 0.25) is 0 Å². The van der Waals surface area contributed by atoms with Crippen LogP contribution in [0.3, 0.4) is 0 Å². The number of benzene rings is 1. The predicted octanol–water partition coefficient (Wildman–Crippen LogP) is 3.94. The van der Waals surface area contributed by atoms with Crippen LogP contribution in [0.1, 0.15) is 5.69 Å². The number of nitrogens with zero attached hydrogens (tertiary/aromatic N) is 2. The standard InChI is InChI=1S/C13H10N2OS.ClH/c1-2-7-12-11(6-1)15-13(16-12)17-9-10-5-3-4-8-14-10;/h1-8H,9H2;1H. The van der Waals surface area contributed by atoms with E-state index in [0.29, 0.717) is 5.22 Å². The highest BCUT2D eigenvalue weighted by Gasteiger charge is 2.05. The molecular weight excluding hydrogens is 268 g/mol. The molecule has 0 unspecified atom stereocenters. The summed E-state index contributed by atoms with van der Waals surface area (Å²) < 4.78 is 5.61. The molecule has 0 aliphatic heterocycles. The molecule has 18 heavy (non-hydrogen) atoms. The molecule has 0 amide bonds. The molecule has 0 saturated carbocycles. The highest BCUT2D eigenvalue weighted by atomic mass is 35.5. The molecule has 0 bridgehead atoms. The van der Waals surface area contributed by atoms with Crippen LogP contribution in [-0.4, -0.2) is 9.97 Å². The number of oxazole rings is 1. The zero-order valence-electron chi connectivity index (χ0n) is 9.45. The first-order valence-corrected chi connectivity index (χ1v) is 6.29. The number of para-hydroxylation sites is 2. The molecule has 0 aliphatic rings. The zero-order chi connectivity index (χ0) is 11.5. The molecule has 1 aromatic carbocycles. The van der Waals surface area contributed by atoms with Gasteiger partial charge in [-0.05, 0) is 24.3 Å². The first-order valence-electron chi connectivity index (χ1n) is 5.30. The maximum atomic E-state index is 5.61. The summed E-state index contributed by atoms with van der Waals surface area (Å²) in [4.78, 5) is 8.65. The minimum atomic E-state index is 0. The third-order valence-corrected chi connectivity index (χ3v) is 3.21. The van der Waals surface area contributed by atoms with E-state index in [1.165, 1.54) is 0 Å². The monoisotopic (exact) mass is 278 g/mol. The number of thioether (sulfide) groups is 1. The summed E-state index contributed by atoms with van der Waals surface area (Å²) >= 11 is 1.56. The van der Waals surface area contributed by atoms with Gasteiger partial charge < -0.3 is 4.42 Å². The summed E-state index contributed by atoms with van der Waals surface area (Å²) in [6.45, 7) is 0. The van der Waals surface area contributed by atoms with Crippen molar-refractivity contribution < 1.29 is 4.42 Å². The second kappa shape index (κ2) is 5.89. The fourth-order valence-corrected chi connectivity index (χ4v) is 2.29. The van der Waals surface area contributed by atoms with Crippen LogP contribution in [0.25, 0.3) is 11.1 Å². The molecule has 5 heteroatoms. The Bertz CT molecular complexity index is 594. The molecule has 0 N–H and O–H groups in total. The molecule has 92 valence electrons. The lowest BCUT2D eigenvalue weighted by Crippen LogP contribution is -1.84. The first-order chi connectivity index (χ1) is 8.42. The van der Waals surface area contributed by atoms with Crippen LogP contribution < -0.4 is 0 Å². The van der Waals surface area contributed by atoms with Crippen LogP contribution in [-0.2, 0) is 5.75 Å². The zero-order valence-corrected chi connectivity index (χ0v) is 11.1. The van der Waals surface area contributed by atoms with Crippen molar-refractivity contribution >= 4 is 35.3 Å². The molecule has 3 rings (SSSR count). The number of rotatable bonds is 3. The van der Waals surface area contributed by atoms with Gasteiger partial charge in [0.1, 0.15) is 5.52 Å². The Morgan fingerprint density at radius 3 is 2.67 bits per heavy atom. The molecule has 2 heterocycles. The number of halogens is 1. The molecule has 0 aliphatic carbocycles. The molecule has 0 fully saturated rings. The van der Waals surface area contributed by atoms with E-state index in [1.54, 1.807) is 18.0 Å². The molecule has 0 radical (unpaired) electrons. The summed E-state index contributed by atoms with van der Waals surface area (Å²) in [5, 5.41) is 0.692. The second-order valence-electron chi connectivity index (χ2n) is 3.56. The Hall–Kier alpha value is -1.52. The SMILES string of the molecule is Cl.c1ccc(CSc2nc3ccccc3o2)nc1. The van der Waals surface area contributed by atoms with E-state index in [4.69, 9.17) is 4.42 Å². The van der Waals surface area contributed by atoms with E-state index in [0.717, 1.165) is 22.5 Å². The van der Waals surface area contributed by atoms with E-state index < -0.39 is 0 Å². The van der Waals surface area contributed by atoms with Gasteiger partial charge in [0.2, 0.25) is 0 Å². The van der Waals surface area contributed by atoms with Gasteiger partial charge >= 0.3 is 0 Å². The predicted molar refractivity (Wildman–Crippen MR) is 75.1 cm³/mol. The first kappa shape index (κ1) is 12.9. The van der Waals surface area contributed by atoms with Gasteiger partial charge in [0, 0.05) is 11.9 Å². The fraction of sp³-hybridized carbons (Fsp3) is 0.0769. The number of hydrogen-bond acceptors (Lipinski definition) is 4. The summed E-state index contributed by atoms with van der Waals surface area (Å²) in [6.07, 6.45) is 1.79. The Morgan fingerprint density at radius 1 is 1.06 bits per heavy atom. The quantitative estimate of drug-likeness (QED) is 0.680. The topological polar surface area (TPSA) is 38.9 Å². The number of fused-ring (bicyclic) bond motifs is 1. The van der Waals surface area contributed by atoms with Gasteiger partial charge in [-0.25, -0.2) is 4.98 Å². The largest absolute Gasteiger partial charge is 0.431 e. The van der Waals surface area contributed by atoms with Gasteiger partial charge in [0.05, 0.1) is 5.69 Å². The Balaban J connectivity index is 0.00000120. The Labute approximate surface area is 115 Å². The van der Waals surface area contributed by atoms with E-state index in [2.05, 4.69) is 9.97 Å². The van der Waals surface area contributed by atoms with Crippen molar-refractivity contribution in [2.24, 2.45) is 0 Å². The normalized spacial score (nSPS) is 10.2. The van der Waals surface area contributed by atoms with Crippen LogP contribution in [0.15, 0.2) is 58.3 Å². The van der Waals surface area contributed by atoms with Gasteiger partial charge in [0.15, 0.2) is 5.58 Å². The van der Waals surface area contributed by atoms with Gasteiger partial charge in [-0.1, -0.05) is 30.0 Å². The smallest absolute Gasteiger partial charge is 0.257 e. The van der Waals surface area contributed by atoms with E-state index in [-0.39, 0.29) is 12.4 Å². The lowest BCUT2D eigenvalue weighted by Gasteiger charge is -1.95. The van der Waals surface area contributed by atoms with Crippen molar-refractivity contribution in [1.82, 2.24) is 9.97 Å². The molecule has 2 aromatic heterocycles. The van der Waals surface area contributed by atoms with Crippen molar-refractivity contribution in [2.75, 3.05) is 0 Å². The second-order valence-corrected chi connectivity index (χ2v) is 4.48. The molecule has 0 atom stereocenters. The Kier molecular flexibility index (Phi) is 4.23. The lowest BCUT2D eigenvalue weighted by atomic mass is 10.3. The summed E-state index contributed by atoms with van der Waals surface area (Å²) in [7, 11) is 0. The fourth-order valence-electron chi connectivity index (χ4n) is 1.53. The third kappa shape index (κ3) is 2.83. The molecular formula is C13H11ClN2OS. The average Bonchev–Trinajstić information content (AvgIpc) is 2.80.